The normalized spacial score (nSPS) is 10.4. The van der Waals surface area contributed by atoms with Crippen molar-refractivity contribution in [3.63, 3.8) is 0 Å². The third-order valence-corrected chi connectivity index (χ3v) is 3.94. The van der Waals surface area contributed by atoms with Crippen molar-refractivity contribution in [3.05, 3.63) is 98.8 Å². The predicted octanol–water partition coefficient (Wildman–Crippen LogP) is 1.43. The quantitative estimate of drug-likeness (QED) is 0.662. The average molecular weight is 365 g/mol. The Kier molecular flexibility index (Phi) is 5.84. The fraction of sp³-hybridized carbons (Fsp3) is 0.150. The van der Waals surface area contributed by atoms with E-state index in [4.69, 9.17) is 4.74 Å². The standard InChI is InChI=1S/C20H19N3O4/c24-18-10-11-23(20(26)22-18)13-19(25)21-12-15-6-4-5-7-16(15)14-27-17-8-2-1-3-9-17/h1-11H,12-14H2,(H,21,25)(H,22,24,26). The molecule has 1 heterocycles. The minimum Gasteiger partial charge on any atom is -0.489 e. The zero-order valence-electron chi connectivity index (χ0n) is 14.6. The summed E-state index contributed by atoms with van der Waals surface area (Å²) in [7, 11) is 0. The molecule has 0 aliphatic carbocycles. The highest BCUT2D eigenvalue weighted by atomic mass is 16.5. The summed E-state index contributed by atoms with van der Waals surface area (Å²) in [5, 5.41) is 2.78. The number of hydrogen-bond acceptors (Lipinski definition) is 4. The summed E-state index contributed by atoms with van der Waals surface area (Å²) in [5.41, 5.74) is 0.775. The first-order chi connectivity index (χ1) is 13.1. The lowest BCUT2D eigenvalue weighted by Gasteiger charge is -2.12. The molecule has 138 valence electrons. The van der Waals surface area contributed by atoms with E-state index in [-0.39, 0.29) is 12.5 Å². The van der Waals surface area contributed by atoms with Crippen LogP contribution in [0, 0.1) is 0 Å². The van der Waals surface area contributed by atoms with Crippen LogP contribution in [-0.4, -0.2) is 15.5 Å². The van der Waals surface area contributed by atoms with E-state index < -0.39 is 11.2 Å². The van der Waals surface area contributed by atoms with Crippen LogP contribution in [0.25, 0.3) is 0 Å². The Morgan fingerprint density at radius 2 is 1.67 bits per heavy atom. The molecule has 0 aliphatic heterocycles. The van der Waals surface area contributed by atoms with Gasteiger partial charge in [0, 0.05) is 18.8 Å². The molecule has 0 unspecified atom stereocenters. The molecule has 0 saturated heterocycles. The number of ether oxygens (including phenoxy) is 1. The Morgan fingerprint density at radius 1 is 0.963 bits per heavy atom. The van der Waals surface area contributed by atoms with Crippen LogP contribution in [0.15, 0.2) is 76.4 Å². The van der Waals surface area contributed by atoms with Gasteiger partial charge in [-0.25, -0.2) is 4.79 Å². The molecular weight excluding hydrogens is 346 g/mol. The van der Waals surface area contributed by atoms with Crippen molar-refractivity contribution in [2.75, 3.05) is 0 Å². The van der Waals surface area contributed by atoms with E-state index in [0.717, 1.165) is 21.4 Å². The number of H-pyrrole nitrogens is 1. The van der Waals surface area contributed by atoms with Crippen LogP contribution in [0.5, 0.6) is 5.75 Å². The van der Waals surface area contributed by atoms with E-state index in [1.807, 2.05) is 54.6 Å². The zero-order valence-corrected chi connectivity index (χ0v) is 14.6. The molecule has 0 bridgehead atoms. The number of nitrogens with one attached hydrogen (secondary N) is 2. The number of rotatable bonds is 7. The molecular formula is C20H19N3O4. The fourth-order valence-corrected chi connectivity index (χ4v) is 2.52. The van der Waals surface area contributed by atoms with Gasteiger partial charge < -0.3 is 10.1 Å². The molecule has 7 heteroatoms. The van der Waals surface area contributed by atoms with E-state index in [1.54, 1.807) is 0 Å². The summed E-state index contributed by atoms with van der Waals surface area (Å²) in [6.45, 7) is 0.527. The Balaban J connectivity index is 1.59. The number of aromatic nitrogens is 2. The second kappa shape index (κ2) is 8.66. The maximum atomic E-state index is 12.1. The number of carbonyl (C=O) groups is 1. The van der Waals surface area contributed by atoms with Crippen molar-refractivity contribution < 1.29 is 9.53 Å². The SMILES string of the molecule is O=C(Cn1ccc(=O)[nH]c1=O)NCc1ccccc1COc1ccccc1. The van der Waals surface area contributed by atoms with E-state index in [1.165, 1.54) is 12.3 Å². The lowest BCUT2D eigenvalue weighted by atomic mass is 10.1. The molecule has 0 fully saturated rings. The van der Waals surface area contributed by atoms with Gasteiger partial charge in [0.2, 0.25) is 5.91 Å². The van der Waals surface area contributed by atoms with Crippen LogP contribution >= 0.6 is 0 Å². The van der Waals surface area contributed by atoms with E-state index >= 15 is 0 Å². The number of nitrogens with zero attached hydrogens (tertiary/aromatic N) is 1. The largest absolute Gasteiger partial charge is 0.489 e. The highest BCUT2D eigenvalue weighted by Gasteiger charge is 2.07. The monoisotopic (exact) mass is 365 g/mol. The average Bonchev–Trinajstić information content (AvgIpc) is 2.68. The van der Waals surface area contributed by atoms with Gasteiger partial charge in [0.15, 0.2) is 0 Å². The molecule has 0 saturated carbocycles. The molecule has 27 heavy (non-hydrogen) atoms. The fourth-order valence-electron chi connectivity index (χ4n) is 2.52. The Morgan fingerprint density at radius 3 is 2.41 bits per heavy atom. The van der Waals surface area contributed by atoms with E-state index in [9.17, 15) is 14.4 Å². The third-order valence-electron chi connectivity index (χ3n) is 3.94. The first-order valence-corrected chi connectivity index (χ1v) is 8.43. The summed E-state index contributed by atoms with van der Waals surface area (Å²) in [5.74, 6) is 0.441. The van der Waals surface area contributed by atoms with Crippen LogP contribution in [0.3, 0.4) is 0 Å². The summed E-state index contributed by atoms with van der Waals surface area (Å²) >= 11 is 0. The molecule has 0 spiro atoms. The van der Waals surface area contributed by atoms with Crippen molar-refractivity contribution in [2.45, 2.75) is 19.7 Å². The van der Waals surface area contributed by atoms with Gasteiger partial charge in [-0.05, 0) is 23.3 Å². The Hall–Kier alpha value is -3.61. The van der Waals surface area contributed by atoms with Crippen LogP contribution < -0.4 is 21.3 Å². The van der Waals surface area contributed by atoms with Crippen LogP contribution in [0.4, 0.5) is 0 Å². The minimum atomic E-state index is -0.616. The van der Waals surface area contributed by atoms with Gasteiger partial charge in [-0.15, -0.1) is 0 Å². The smallest absolute Gasteiger partial charge is 0.328 e. The second-order valence-corrected chi connectivity index (χ2v) is 5.89. The number of para-hydroxylation sites is 1. The number of amides is 1. The molecule has 3 aromatic rings. The van der Waals surface area contributed by atoms with Gasteiger partial charge in [-0.2, -0.15) is 0 Å². The molecule has 0 atom stereocenters. The van der Waals surface area contributed by atoms with Gasteiger partial charge in [-0.3, -0.25) is 19.1 Å². The maximum absolute atomic E-state index is 12.1. The van der Waals surface area contributed by atoms with Crippen molar-refractivity contribution in [1.29, 1.82) is 0 Å². The van der Waals surface area contributed by atoms with Crippen molar-refractivity contribution in [1.82, 2.24) is 14.9 Å². The molecule has 0 radical (unpaired) electrons. The maximum Gasteiger partial charge on any atom is 0.328 e. The van der Waals surface area contributed by atoms with Gasteiger partial charge in [-0.1, -0.05) is 42.5 Å². The summed E-state index contributed by atoms with van der Waals surface area (Å²) in [6.07, 6.45) is 1.29. The van der Waals surface area contributed by atoms with E-state index in [0.29, 0.717) is 13.2 Å². The predicted molar refractivity (Wildman–Crippen MR) is 100 cm³/mol. The molecule has 1 amide bonds. The molecule has 3 rings (SSSR count). The highest BCUT2D eigenvalue weighted by molar-refractivity contribution is 5.75. The Bertz CT molecular complexity index is 1020. The van der Waals surface area contributed by atoms with Crippen LogP contribution in [-0.2, 0) is 24.5 Å². The van der Waals surface area contributed by atoms with Gasteiger partial charge in [0.1, 0.15) is 18.9 Å². The number of benzene rings is 2. The molecule has 7 nitrogen and oxygen atoms in total. The van der Waals surface area contributed by atoms with Crippen molar-refractivity contribution in [3.8, 4) is 5.75 Å². The number of aromatic amines is 1. The lowest BCUT2D eigenvalue weighted by molar-refractivity contribution is -0.121. The first-order valence-electron chi connectivity index (χ1n) is 8.43. The lowest BCUT2D eigenvalue weighted by Crippen LogP contribution is -2.35. The first kappa shape index (κ1) is 18.2. The topological polar surface area (TPSA) is 93.2 Å². The Labute approximate surface area is 155 Å². The summed E-state index contributed by atoms with van der Waals surface area (Å²) in [6, 6.07) is 18.3. The van der Waals surface area contributed by atoms with Crippen molar-refractivity contribution in [2.24, 2.45) is 0 Å². The van der Waals surface area contributed by atoms with Crippen LogP contribution in [0.1, 0.15) is 11.1 Å². The summed E-state index contributed by atoms with van der Waals surface area (Å²) < 4.78 is 6.91. The molecule has 2 aromatic carbocycles. The molecule has 2 N–H and O–H groups in total. The van der Waals surface area contributed by atoms with Gasteiger partial charge in [0.05, 0.1) is 0 Å². The van der Waals surface area contributed by atoms with Crippen LogP contribution in [0.2, 0.25) is 0 Å². The molecule has 0 aliphatic rings. The zero-order chi connectivity index (χ0) is 19.1. The highest BCUT2D eigenvalue weighted by Crippen LogP contribution is 2.14. The second-order valence-electron chi connectivity index (χ2n) is 5.89. The minimum absolute atomic E-state index is 0.168. The number of carbonyl (C=O) groups excluding carboxylic acids is 1. The summed E-state index contributed by atoms with van der Waals surface area (Å²) in [4.78, 5) is 36.9. The van der Waals surface area contributed by atoms with E-state index in [2.05, 4.69) is 10.3 Å². The number of hydrogen-bond donors (Lipinski definition) is 2. The third kappa shape index (κ3) is 5.18. The van der Waals surface area contributed by atoms with Gasteiger partial charge in [0.25, 0.3) is 5.56 Å². The molecule has 1 aromatic heterocycles. The van der Waals surface area contributed by atoms with Gasteiger partial charge >= 0.3 is 5.69 Å². The van der Waals surface area contributed by atoms with Crippen molar-refractivity contribution >= 4 is 5.91 Å².